The van der Waals surface area contributed by atoms with E-state index in [-0.39, 0.29) is 19.4 Å². The Morgan fingerprint density at radius 3 is 2.71 bits per heavy atom. The molecule has 3 heterocycles. The van der Waals surface area contributed by atoms with Gasteiger partial charge >= 0.3 is 0 Å². The second-order valence-electron chi connectivity index (χ2n) is 9.11. The molecule has 1 amide bonds. The maximum atomic E-state index is 14.4. The maximum Gasteiger partial charge on any atom is 0.252 e. The number of amides is 1. The van der Waals surface area contributed by atoms with Crippen molar-refractivity contribution in [1.29, 1.82) is 0 Å². The van der Waals surface area contributed by atoms with E-state index in [1.165, 1.54) is 4.90 Å². The van der Waals surface area contributed by atoms with Crippen molar-refractivity contribution in [2.75, 3.05) is 43.5 Å². The van der Waals surface area contributed by atoms with Crippen molar-refractivity contribution in [3.8, 4) is 11.1 Å². The fourth-order valence-corrected chi connectivity index (χ4v) is 5.12. The van der Waals surface area contributed by atoms with Crippen molar-refractivity contribution >= 4 is 28.8 Å². The molecule has 2 aromatic carbocycles. The van der Waals surface area contributed by atoms with Gasteiger partial charge in [-0.2, -0.15) is 0 Å². The van der Waals surface area contributed by atoms with Crippen molar-refractivity contribution < 1.29 is 18.3 Å². The lowest BCUT2D eigenvalue weighted by Gasteiger charge is -2.38. The first-order valence-corrected chi connectivity index (χ1v) is 11.6. The van der Waals surface area contributed by atoms with E-state index in [9.17, 15) is 13.6 Å². The van der Waals surface area contributed by atoms with Gasteiger partial charge in [-0.3, -0.25) is 4.79 Å². The molecule has 1 aromatic heterocycles. The van der Waals surface area contributed by atoms with Crippen molar-refractivity contribution in [2.45, 2.75) is 31.7 Å². The number of halogens is 2. The summed E-state index contributed by atoms with van der Waals surface area (Å²) < 4.78 is 34.2. The number of morpholine rings is 1. The molecular formula is C26H28F2N4O2. The molecule has 2 saturated heterocycles. The lowest BCUT2D eigenvalue weighted by molar-refractivity contribution is -0.130. The minimum absolute atomic E-state index is 0.0401. The summed E-state index contributed by atoms with van der Waals surface area (Å²) in [6.45, 7) is 4.79. The van der Waals surface area contributed by atoms with Crippen LogP contribution < -0.4 is 10.6 Å². The Hall–Kier alpha value is -3.26. The minimum Gasteiger partial charge on any atom is -0.382 e. The van der Waals surface area contributed by atoms with E-state index in [1.54, 1.807) is 0 Å². The van der Waals surface area contributed by atoms with Crippen LogP contribution in [0, 0.1) is 6.92 Å². The molecule has 5 rings (SSSR count). The van der Waals surface area contributed by atoms with E-state index >= 15 is 0 Å². The molecule has 1 unspecified atom stereocenters. The van der Waals surface area contributed by atoms with Crippen molar-refractivity contribution in [3.63, 3.8) is 0 Å². The number of carbonyl (C=O) groups is 1. The van der Waals surface area contributed by atoms with Gasteiger partial charge < -0.3 is 20.3 Å². The number of aryl methyl sites for hydroxylation is 1. The lowest BCUT2D eigenvalue weighted by Crippen LogP contribution is -2.41. The predicted molar refractivity (Wildman–Crippen MR) is 129 cm³/mol. The van der Waals surface area contributed by atoms with Crippen molar-refractivity contribution in [3.05, 3.63) is 53.6 Å². The Balaban J connectivity index is 1.61. The second kappa shape index (κ2) is 8.83. The molecule has 0 bridgehead atoms. The van der Waals surface area contributed by atoms with Crippen LogP contribution in [0.3, 0.4) is 0 Å². The van der Waals surface area contributed by atoms with Crippen LogP contribution >= 0.6 is 0 Å². The molecule has 0 spiro atoms. The van der Waals surface area contributed by atoms with Gasteiger partial charge in [0.15, 0.2) is 0 Å². The second-order valence-corrected chi connectivity index (χ2v) is 9.11. The number of rotatable bonds is 4. The number of anilines is 2. The first-order valence-electron chi connectivity index (χ1n) is 11.6. The fraction of sp³-hybridized carbons (Fsp3) is 0.385. The number of pyridine rings is 1. The number of nitrogen functional groups attached to an aromatic ring is 1. The molecule has 3 aromatic rings. The molecular weight excluding hydrogens is 438 g/mol. The summed E-state index contributed by atoms with van der Waals surface area (Å²) in [7, 11) is 0. The SMILES string of the molecule is Cc1cccc(C2CC(F)(F)CCN2C=O)c1-c1ccc2nc(N)c(N3CCOCC3)cc2c1. The zero-order valence-electron chi connectivity index (χ0n) is 19.1. The molecule has 2 aliphatic rings. The first kappa shape index (κ1) is 22.5. The van der Waals surface area contributed by atoms with Crippen LogP contribution in [0.15, 0.2) is 42.5 Å². The molecule has 0 aliphatic carbocycles. The third kappa shape index (κ3) is 4.18. The van der Waals surface area contributed by atoms with Crippen LogP contribution in [-0.2, 0) is 9.53 Å². The van der Waals surface area contributed by atoms with Crippen LogP contribution in [0.4, 0.5) is 20.3 Å². The number of piperidine rings is 1. The van der Waals surface area contributed by atoms with Gasteiger partial charge in [-0.1, -0.05) is 24.3 Å². The van der Waals surface area contributed by atoms with Gasteiger partial charge in [-0.25, -0.2) is 13.8 Å². The largest absolute Gasteiger partial charge is 0.382 e. The van der Waals surface area contributed by atoms with Crippen LogP contribution in [0.5, 0.6) is 0 Å². The van der Waals surface area contributed by atoms with Gasteiger partial charge in [-0.05, 0) is 47.4 Å². The third-order valence-corrected chi connectivity index (χ3v) is 6.89. The fourth-order valence-electron chi connectivity index (χ4n) is 5.12. The lowest BCUT2D eigenvalue weighted by atomic mass is 9.85. The van der Waals surface area contributed by atoms with Gasteiger partial charge in [0.25, 0.3) is 5.92 Å². The zero-order valence-corrected chi connectivity index (χ0v) is 19.1. The van der Waals surface area contributed by atoms with E-state index in [0.29, 0.717) is 25.4 Å². The summed E-state index contributed by atoms with van der Waals surface area (Å²) in [5.74, 6) is -2.33. The van der Waals surface area contributed by atoms with Gasteiger partial charge in [0.2, 0.25) is 6.41 Å². The van der Waals surface area contributed by atoms with E-state index in [2.05, 4.69) is 9.88 Å². The third-order valence-electron chi connectivity index (χ3n) is 6.89. The highest BCUT2D eigenvalue weighted by Gasteiger charge is 2.41. The summed E-state index contributed by atoms with van der Waals surface area (Å²) in [6.07, 6.45) is -0.000463. The smallest absolute Gasteiger partial charge is 0.252 e. The molecule has 1 atom stereocenters. The Morgan fingerprint density at radius 2 is 1.94 bits per heavy atom. The molecule has 0 saturated carbocycles. The number of fused-ring (bicyclic) bond motifs is 1. The standard InChI is InChI=1S/C26H28F2N4O2/c1-17-3-2-4-20(23-15-26(27,28)7-8-32(23)16-33)24(17)18-5-6-21-19(13-18)14-22(25(29)30-21)31-9-11-34-12-10-31/h2-6,13-14,16,23H,7-12,15H2,1H3,(H2,29,30). The molecule has 178 valence electrons. The Bertz CT molecular complexity index is 1230. The number of benzene rings is 2. The summed E-state index contributed by atoms with van der Waals surface area (Å²) in [5.41, 5.74) is 11.4. The highest BCUT2D eigenvalue weighted by atomic mass is 19.3. The van der Waals surface area contributed by atoms with Gasteiger partial charge in [-0.15, -0.1) is 0 Å². The van der Waals surface area contributed by atoms with Gasteiger partial charge in [0, 0.05) is 37.9 Å². The average molecular weight is 467 g/mol. The Kier molecular flexibility index (Phi) is 5.85. The van der Waals surface area contributed by atoms with Crippen molar-refractivity contribution in [2.24, 2.45) is 0 Å². The monoisotopic (exact) mass is 466 g/mol. The number of likely N-dealkylation sites (tertiary alicyclic amines) is 1. The van der Waals surface area contributed by atoms with E-state index in [0.717, 1.165) is 51.9 Å². The zero-order chi connectivity index (χ0) is 23.9. The van der Waals surface area contributed by atoms with Crippen molar-refractivity contribution in [1.82, 2.24) is 9.88 Å². The highest BCUT2D eigenvalue weighted by molar-refractivity contribution is 5.91. The first-order chi connectivity index (χ1) is 16.4. The van der Waals surface area contributed by atoms with Crippen LogP contribution in [-0.4, -0.2) is 55.1 Å². The molecule has 6 nitrogen and oxygen atoms in total. The number of hydrogen-bond acceptors (Lipinski definition) is 5. The Labute approximate surface area is 197 Å². The van der Waals surface area contributed by atoms with Gasteiger partial charge in [0.1, 0.15) is 5.82 Å². The summed E-state index contributed by atoms with van der Waals surface area (Å²) in [6, 6.07) is 12.9. The Morgan fingerprint density at radius 1 is 1.15 bits per heavy atom. The number of ether oxygens (including phenoxy) is 1. The minimum atomic E-state index is -2.80. The molecule has 2 aliphatic heterocycles. The maximum absolute atomic E-state index is 14.4. The summed E-state index contributed by atoms with van der Waals surface area (Å²) in [4.78, 5) is 20.0. The highest BCUT2D eigenvalue weighted by Crippen LogP contribution is 2.43. The normalized spacial score (nSPS) is 20.5. The van der Waals surface area contributed by atoms with Gasteiger partial charge in [0.05, 0.1) is 30.5 Å². The summed E-state index contributed by atoms with van der Waals surface area (Å²) >= 11 is 0. The number of aromatic nitrogens is 1. The van der Waals surface area contributed by atoms with Crippen LogP contribution in [0.2, 0.25) is 0 Å². The number of alkyl halides is 2. The molecule has 34 heavy (non-hydrogen) atoms. The van der Waals surface area contributed by atoms with E-state index in [1.807, 2.05) is 49.4 Å². The number of nitrogens with zero attached hydrogens (tertiary/aromatic N) is 3. The molecule has 0 radical (unpaired) electrons. The number of hydrogen-bond donors (Lipinski definition) is 1. The number of nitrogens with two attached hydrogens (primary N) is 1. The van der Waals surface area contributed by atoms with Crippen LogP contribution in [0.25, 0.3) is 22.0 Å². The van der Waals surface area contributed by atoms with E-state index in [4.69, 9.17) is 10.5 Å². The topological polar surface area (TPSA) is 71.7 Å². The quantitative estimate of drug-likeness (QED) is 0.571. The predicted octanol–water partition coefficient (Wildman–Crippen LogP) is 4.56. The van der Waals surface area contributed by atoms with E-state index < -0.39 is 12.0 Å². The van der Waals surface area contributed by atoms with Crippen LogP contribution in [0.1, 0.15) is 30.0 Å². The summed E-state index contributed by atoms with van der Waals surface area (Å²) in [5, 5.41) is 0.920. The molecule has 2 fully saturated rings. The number of carbonyl (C=O) groups excluding carboxylic acids is 1. The average Bonchev–Trinajstić information content (AvgIpc) is 2.83. The molecule has 8 heteroatoms. The molecule has 2 N–H and O–H groups in total.